The largest absolute Gasteiger partial charge is 0.352 e. The quantitative estimate of drug-likeness (QED) is 0.833. The minimum absolute atomic E-state index is 0.00833. The first kappa shape index (κ1) is 16.4. The zero-order chi connectivity index (χ0) is 15.1. The van der Waals surface area contributed by atoms with Gasteiger partial charge in [-0.25, -0.2) is 9.97 Å². The number of carbonyl (C=O) groups excluding carboxylic acids is 1. The lowest BCUT2D eigenvalue weighted by molar-refractivity contribution is 0.0749. The molecular formula is C15H26N4O. The van der Waals surface area contributed by atoms with Crippen LogP contribution >= 0.6 is 0 Å². The molecule has 0 aliphatic heterocycles. The molecule has 0 saturated heterocycles. The van der Waals surface area contributed by atoms with E-state index in [1.807, 2.05) is 25.7 Å². The Kier molecular flexibility index (Phi) is 6.42. The summed E-state index contributed by atoms with van der Waals surface area (Å²) in [6, 6.07) is 1.99. The maximum atomic E-state index is 12.5. The molecule has 5 heteroatoms. The molecular weight excluding hydrogens is 252 g/mol. The molecule has 20 heavy (non-hydrogen) atoms. The summed E-state index contributed by atoms with van der Waals surface area (Å²) >= 11 is 0. The Hall–Kier alpha value is -1.65. The van der Waals surface area contributed by atoms with Crippen LogP contribution in [0.25, 0.3) is 0 Å². The van der Waals surface area contributed by atoms with Gasteiger partial charge in [-0.15, -0.1) is 0 Å². The summed E-state index contributed by atoms with van der Waals surface area (Å²) < 4.78 is 0. The van der Waals surface area contributed by atoms with Gasteiger partial charge in [-0.3, -0.25) is 4.79 Å². The SMILES string of the molecule is CCCN(CCC)C(=O)c1cc(C)nc(NC(C)C)n1. The molecule has 0 atom stereocenters. The summed E-state index contributed by atoms with van der Waals surface area (Å²) in [5.41, 5.74) is 1.28. The van der Waals surface area contributed by atoms with Crippen LogP contribution in [0.15, 0.2) is 6.07 Å². The molecule has 0 aliphatic carbocycles. The Bertz CT molecular complexity index is 439. The second-order valence-corrected chi connectivity index (χ2v) is 5.31. The van der Waals surface area contributed by atoms with Crippen LogP contribution in [-0.4, -0.2) is 39.9 Å². The number of hydrogen-bond donors (Lipinski definition) is 1. The lowest BCUT2D eigenvalue weighted by Crippen LogP contribution is -2.33. The lowest BCUT2D eigenvalue weighted by atomic mass is 10.2. The average Bonchev–Trinajstić information content (AvgIpc) is 2.36. The van der Waals surface area contributed by atoms with Gasteiger partial charge >= 0.3 is 0 Å². The molecule has 0 bridgehead atoms. The number of aryl methyl sites for hydroxylation is 1. The molecule has 0 unspecified atom stereocenters. The van der Waals surface area contributed by atoms with E-state index in [4.69, 9.17) is 0 Å². The molecule has 1 rings (SSSR count). The zero-order valence-corrected chi connectivity index (χ0v) is 13.2. The van der Waals surface area contributed by atoms with E-state index in [2.05, 4.69) is 29.1 Å². The van der Waals surface area contributed by atoms with Crippen molar-refractivity contribution in [2.45, 2.75) is 53.5 Å². The van der Waals surface area contributed by atoms with Crippen LogP contribution in [0.5, 0.6) is 0 Å². The van der Waals surface area contributed by atoms with Crippen molar-refractivity contribution in [3.05, 3.63) is 17.5 Å². The molecule has 1 amide bonds. The van der Waals surface area contributed by atoms with Crippen LogP contribution in [0.1, 0.15) is 56.7 Å². The fraction of sp³-hybridized carbons (Fsp3) is 0.667. The van der Waals surface area contributed by atoms with Crippen molar-refractivity contribution >= 4 is 11.9 Å². The first-order chi connectivity index (χ1) is 9.47. The van der Waals surface area contributed by atoms with Crippen LogP contribution in [0.2, 0.25) is 0 Å². The molecule has 1 N–H and O–H groups in total. The van der Waals surface area contributed by atoms with E-state index in [1.165, 1.54) is 0 Å². The highest BCUT2D eigenvalue weighted by molar-refractivity contribution is 5.92. The first-order valence-electron chi connectivity index (χ1n) is 7.39. The van der Waals surface area contributed by atoms with Gasteiger partial charge in [0.15, 0.2) is 0 Å². The molecule has 1 aromatic rings. The third kappa shape index (κ3) is 4.79. The van der Waals surface area contributed by atoms with Gasteiger partial charge in [0, 0.05) is 24.8 Å². The lowest BCUT2D eigenvalue weighted by Gasteiger charge is -2.21. The Balaban J connectivity index is 2.98. The van der Waals surface area contributed by atoms with Crippen LogP contribution in [-0.2, 0) is 0 Å². The Labute approximate surface area is 121 Å². The van der Waals surface area contributed by atoms with E-state index < -0.39 is 0 Å². The van der Waals surface area contributed by atoms with Crippen LogP contribution < -0.4 is 5.32 Å². The van der Waals surface area contributed by atoms with Gasteiger partial charge in [-0.1, -0.05) is 13.8 Å². The van der Waals surface area contributed by atoms with E-state index in [0.29, 0.717) is 11.6 Å². The summed E-state index contributed by atoms with van der Waals surface area (Å²) in [7, 11) is 0. The number of anilines is 1. The molecule has 5 nitrogen and oxygen atoms in total. The molecule has 1 aromatic heterocycles. The topological polar surface area (TPSA) is 58.1 Å². The maximum absolute atomic E-state index is 12.5. The number of carbonyl (C=O) groups is 1. The average molecular weight is 278 g/mol. The minimum Gasteiger partial charge on any atom is -0.352 e. The minimum atomic E-state index is -0.00833. The molecule has 0 radical (unpaired) electrons. The molecule has 0 spiro atoms. The van der Waals surface area contributed by atoms with Crippen molar-refractivity contribution < 1.29 is 4.79 Å². The molecule has 0 aromatic carbocycles. The van der Waals surface area contributed by atoms with Gasteiger partial charge in [0.2, 0.25) is 5.95 Å². The fourth-order valence-corrected chi connectivity index (χ4v) is 2.02. The van der Waals surface area contributed by atoms with Crippen molar-refractivity contribution in [2.75, 3.05) is 18.4 Å². The standard InChI is InChI=1S/C15H26N4O/c1-6-8-19(9-7-2)14(20)13-10-12(5)17-15(18-13)16-11(3)4/h10-11H,6-9H2,1-5H3,(H,16,17,18). The highest BCUT2D eigenvalue weighted by Crippen LogP contribution is 2.10. The second kappa shape index (κ2) is 7.82. The molecule has 1 heterocycles. The van der Waals surface area contributed by atoms with E-state index in [9.17, 15) is 4.79 Å². The van der Waals surface area contributed by atoms with Crippen molar-refractivity contribution in [2.24, 2.45) is 0 Å². The third-order valence-electron chi connectivity index (χ3n) is 2.77. The number of aromatic nitrogens is 2. The molecule has 0 aliphatic rings. The summed E-state index contributed by atoms with van der Waals surface area (Å²) in [5, 5.41) is 3.15. The number of rotatable bonds is 7. The predicted molar refractivity (Wildman–Crippen MR) is 82.0 cm³/mol. The van der Waals surface area contributed by atoms with Crippen molar-refractivity contribution in [3.8, 4) is 0 Å². The van der Waals surface area contributed by atoms with Crippen LogP contribution in [0.4, 0.5) is 5.95 Å². The van der Waals surface area contributed by atoms with Gasteiger partial charge < -0.3 is 10.2 Å². The van der Waals surface area contributed by atoms with Gasteiger partial charge in [-0.05, 0) is 39.7 Å². The van der Waals surface area contributed by atoms with Crippen molar-refractivity contribution in [1.82, 2.24) is 14.9 Å². The maximum Gasteiger partial charge on any atom is 0.272 e. The monoisotopic (exact) mass is 278 g/mol. The summed E-state index contributed by atoms with van der Waals surface area (Å²) in [6.07, 6.45) is 1.90. The fourth-order valence-electron chi connectivity index (χ4n) is 2.02. The number of nitrogens with zero attached hydrogens (tertiary/aromatic N) is 3. The molecule has 0 fully saturated rings. The van der Waals surface area contributed by atoms with Crippen LogP contribution in [0.3, 0.4) is 0 Å². The third-order valence-corrected chi connectivity index (χ3v) is 2.77. The molecule has 112 valence electrons. The highest BCUT2D eigenvalue weighted by Gasteiger charge is 2.17. The summed E-state index contributed by atoms with van der Waals surface area (Å²) in [5.74, 6) is 0.516. The Morgan fingerprint density at radius 1 is 1.25 bits per heavy atom. The number of amides is 1. The van der Waals surface area contributed by atoms with E-state index in [-0.39, 0.29) is 11.9 Å². The number of nitrogens with one attached hydrogen (secondary N) is 1. The molecule has 0 saturated carbocycles. The zero-order valence-electron chi connectivity index (χ0n) is 13.2. The Morgan fingerprint density at radius 3 is 2.35 bits per heavy atom. The summed E-state index contributed by atoms with van der Waals surface area (Å²) in [6.45, 7) is 11.6. The van der Waals surface area contributed by atoms with Crippen LogP contribution in [0, 0.1) is 6.92 Å². The van der Waals surface area contributed by atoms with E-state index in [0.717, 1.165) is 31.6 Å². The first-order valence-corrected chi connectivity index (χ1v) is 7.39. The smallest absolute Gasteiger partial charge is 0.272 e. The summed E-state index contributed by atoms with van der Waals surface area (Å²) in [4.78, 5) is 23.0. The van der Waals surface area contributed by atoms with Crippen molar-refractivity contribution in [3.63, 3.8) is 0 Å². The van der Waals surface area contributed by atoms with E-state index in [1.54, 1.807) is 6.07 Å². The van der Waals surface area contributed by atoms with E-state index >= 15 is 0 Å². The normalized spacial score (nSPS) is 10.7. The van der Waals surface area contributed by atoms with Gasteiger partial charge in [0.1, 0.15) is 5.69 Å². The Morgan fingerprint density at radius 2 is 1.85 bits per heavy atom. The van der Waals surface area contributed by atoms with Crippen molar-refractivity contribution in [1.29, 1.82) is 0 Å². The van der Waals surface area contributed by atoms with Gasteiger partial charge in [0.25, 0.3) is 5.91 Å². The van der Waals surface area contributed by atoms with Gasteiger partial charge in [0.05, 0.1) is 0 Å². The second-order valence-electron chi connectivity index (χ2n) is 5.31. The number of hydrogen-bond acceptors (Lipinski definition) is 4. The highest BCUT2D eigenvalue weighted by atomic mass is 16.2. The van der Waals surface area contributed by atoms with Gasteiger partial charge in [-0.2, -0.15) is 0 Å². The predicted octanol–water partition coefficient (Wildman–Crippen LogP) is 2.87.